The summed E-state index contributed by atoms with van der Waals surface area (Å²) in [7, 11) is 0. The third-order valence-electron chi connectivity index (χ3n) is 4.47. The van der Waals surface area contributed by atoms with E-state index in [0.717, 1.165) is 5.56 Å². The average molecular weight is 434 g/mol. The summed E-state index contributed by atoms with van der Waals surface area (Å²) in [4.78, 5) is 34.4. The number of anilines is 1. The van der Waals surface area contributed by atoms with Crippen LogP contribution in [0.4, 0.5) is 11.4 Å². The summed E-state index contributed by atoms with van der Waals surface area (Å²) in [5, 5.41) is 13.5. The van der Waals surface area contributed by atoms with Gasteiger partial charge in [0.2, 0.25) is 5.91 Å². The van der Waals surface area contributed by atoms with Gasteiger partial charge in [-0.2, -0.15) is 0 Å². The van der Waals surface area contributed by atoms with E-state index in [9.17, 15) is 19.7 Å². The lowest BCUT2D eigenvalue weighted by molar-refractivity contribution is -0.384. The van der Waals surface area contributed by atoms with Crippen molar-refractivity contribution in [2.24, 2.45) is 5.92 Å². The van der Waals surface area contributed by atoms with Gasteiger partial charge in [-0.15, -0.1) is 0 Å². The number of carbonyl (C=O) groups is 2. The predicted molar refractivity (Wildman–Crippen MR) is 119 cm³/mol. The highest BCUT2D eigenvalue weighted by molar-refractivity contribution is 5.95. The molecule has 3 aromatic carbocycles. The molecule has 0 unspecified atom stereocenters. The number of hydrogen-bond donors (Lipinski definition) is 1. The molecule has 32 heavy (non-hydrogen) atoms. The molecule has 0 fully saturated rings. The minimum Gasteiger partial charge on any atom is -0.457 e. The summed E-state index contributed by atoms with van der Waals surface area (Å²) >= 11 is 0. The number of amides is 1. The number of nitrogens with zero attached hydrogens (tertiary/aromatic N) is 1. The van der Waals surface area contributed by atoms with Crippen LogP contribution in [-0.4, -0.2) is 16.8 Å². The van der Waals surface area contributed by atoms with Crippen molar-refractivity contribution in [3.05, 3.63) is 94.0 Å². The maximum Gasteiger partial charge on any atom is 0.338 e. The van der Waals surface area contributed by atoms with Crippen molar-refractivity contribution in [2.45, 2.75) is 20.5 Å². The number of nitro groups is 1. The number of benzene rings is 3. The zero-order chi connectivity index (χ0) is 23.1. The third-order valence-corrected chi connectivity index (χ3v) is 4.47. The number of esters is 1. The zero-order valence-electron chi connectivity index (χ0n) is 17.6. The first-order chi connectivity index (χ1) is 15.3. The van der Waals surface area contributed by atoms with Gasteiger partial charge < -0.3 is 14.8 Å². The van der Waals surface area contributed by atoms with Gasteiger partial charge >= 0.3 is 5.97 Å². The second-order valence-electron chi connectivity index (χ2n) is 7.30. The van der Waals surface area contributed by atoms with Crippen LogP contribution in [0.3, 0.4) is 0 Å². The molecule has 0 saturated carbocycles. The molecule has 0 spiro atoms. The first kappa shape index (κ1) is 22.5. The molecule has 8 nitrogen and oxygen atoms in total. The van der Waals surface area contributed by atoms with Gasteiger partial charge in [-0.05, 0) is 48.0 Å². The molecule has 0 aliphatic rings. The molecule has 8 heteroatoms. The van der Waals surface area contributed by atoms with Crippen LogP contribution in [0.15, 0.2) is 72.8 Å². The van der Waals surface area contributed by atoms with E-state index >= 15 is 0 Å². The fourth-order valence-electron chi connectivity index (χ4n) is 2.67. The molecular formula is C24H22N2O6. The Morgan fingerprint density at radius 1 is 0.969 bits per heavy atom. The summed E-state index contributed by atoms with van der Waals surface area (Å²) in [6.45, 7) is 3.64. The van der Waals surface area contributed by atoms with Gasteiger partial charge in [0.05, 0.1) is 10.5 Å². The molecule has 0 atom stereocenters. The molecule has 0 bridgehead atoms. The average Bonchev–Trinajstić information content (AvgIpc) is 2.79. The molecule has 0 heterocycles. The number of hydrogen-bond acceptors (Lipinski definition) is 6. The minimum absolute atomic E-state index is 0.0117. The van der Waals surface area contributed by atoms with Gasteiger partial charge in [-0.3, -0.25) is 14.9 Å². The normalized spacial score (nSPS) is 10.5. The molecule has 1 N–H and O–H groups in total. The second-order valence-corrected chi connectivity index (χ2v) is 7.30. The Labute approximate surface area is 184 Å². The highest BCUT2D eigenvalue weighted by atomic mass is 16.6. The number of non-ortho nitro benzene ring substituents is 1. The van der Waals surface area contributed by atoms with Gasteiger partial charge in [-0.25, -0.2) is 4.79 Å². The van der Waals surface area contributed by atoms with Gasteiger partial charge in [0.1, 0.15) is 18.1 Å². The van der Waals surface area contributed by atoms with Crippen LogP contribution in [-0.2, 0) is 16.1 Å². The van der Waals surface area contributed by atoms with Gasteiger partial charge in [0.15, 0.2) is 0 Å². The molecule has 3 rings (SSSR count). The largest absolute Gasteiger partial charge is 0.457 e. The molecule has 3 aromatic rings. The number of carbonyl (C=O) groups excluding carboxylic acids is 2. The van der Waals surface area contributed by atoms with Crippen molar-refractivity contribution in [1.82, 2.24) is 0 Å². The van der Waals surface area contributed by atoms with Crippen molar-refractivity contribution in [1.29, 1.82) is 0 Å². The number of ether oxygens (including phenoxy) is 2. The van der Waals surface area contributed by atoms with E-state index in [0.29, 0.717) is 22.7 Å². The highest BCUT2D eigenvalue weighted by Crippen LogP contribution is 2.24. The molecule has 0 aliphatic heterocycles. The Morgan fingerprint density at radius 3 is 2.19 bits per heavy atom. The quantitative estimate of drug-likeness (QED) is 0.291. The lowest BCUT2D eigenvalue weighted by Crippen LogP contribution is -2.18. The van der Waals surface area contributed by atoms with Crippen LogP contribution in [0, 0.1) is 16.0 Å². The molecule has 1 amide bonds. The SMILES string of the molecule is CC(C)C(=O)Nc1cccc(C(=O)OCc2ccc(Oc3ccc([N+](=O)[O-])cc3)cc2)c1. The van der Waals surface area contributed by atoms with Crippen molar-refractivity contribution >= 4 is 23.3 Å². The van der Waals surface area contributed by atoms with Crippen LogP contribution < -0.4 is 10.1 Å². The molecule has 164 valence electrons. The summed E-state index contributed by atoms with van der Waals surface area (Å²) in [6.07, 6.45) is 0. The van der Waals surface area contributed by atoms with E-state index in [1.165, 1.54) is 24.3 Å². The molecule has 0 aliphatic carbocycles. The van der Waals surface area contributed by atoms with Crippen molar-refractivity contribution < 1.29 is 24.0 Å². The topological polar surface area (TPSA) is 108 Å². The lowest BCUT2D eigenvalue weighted by Gasteiger charge is -2.10. The van der Waals surface area contributed by atoms with Crippen molar-refractivity contribution in [3.63, 3.8) is 0 Å². The van der Waals surface area contributed by atoms with Crippen molar-refractivity contribution in [2.75, 3.05) is 5.32 Å². The lowest BCUT2D eigenvalue weighted by atomic mass is 10.1. The Hall–Kier alpha value is -4.20. The second kappa shape index (κ2) is 10.2. The molecule has 0 saturated heterocycles. The van der Waals surface area contributed by atoms with Gasteiger partial charge in [0, 0.05) is 23.7 Å². The molecule has 0 aromatic heterocycles. The first-order valence-electron chi connectivity index (χ1n) is 9.91. The predicted octanol–water partition coefficient (Wildman–Crippen LogP) is 5.34. The number of nitro benzene ring substituents is 1. The summed E-state index contributed by atoms with van der Waals surface area (Å²) in [5.74, 6) is 0.211. The van der Waals surface area contributed by atoms with Crippen molar-refractivity contribution in [3.8, 4) is 11.5 Å². The summed E-state index contributed by atoms with van der Waals surface area (Å²) < 4.78 is 11.0. The van der Waals surface area contributed by atoms with Crippen LogP contribution >= 0.6 is 0 Å². The van der Waals surface area contributed by atoms with E-state index in [1.54, 1.807) is 62.4 Å². The minimum atomic E-state index is -0.503. The number of rotatable bonds is 8. The van der Waals surface area contributed by atoms with E-state index in [1.807, 2.05) is 0 Å². The van der Waals surface area contributed by atoms with Crippen LogP contribution in [0.1, 0.15) is 29.8 Å². The van der Waals surface area contributed by atoms with E-state index in [4.69, 9.17) is 9.47 Å². The smallest absolute Gasteiger partial charge is 0.338 e. The summed E-state index contributed by atoms with van der Waals surface area (Å²) in [6, 6.07) is 19.3. The Bertz CT molecular complexity index is 1110. The van der Waals surface area contributed by atoms with Gasteiger partial charge in [0.25, 0.3) is 5.69 Å². The van der Waals surface area contributed by atoms with Crippen LogP contribution in [0.2, 0.25) is 0 Å². The Kier molecular flexibility index (Phi) is 7.17. The Balaban J connectivity index is 1.55. The molecular weight excluding hydrogens is 412 g/mol. The monoisotopic (exact) mass is 434 g/mol. The van der Waals surface area contributed by atoms with Crippen LogP contribution in [0.5, 0.6) is 11.5 Å². The number of nitrogens with one attached hydrogen (secondary N) is 1. The van der Waals surface area contributed by atoms with Gasteiger partial charge in [-0.1, -0.05) is 32.0 Å². The maximum atomic E-state index is 12.4. The zero-order valence-corrected chi connectivity index (χ0v) is 17.6. The fourth-order valence-corrected chi connectivity index (χ4v) is 2.67. The first-order valence-corrected chi connectivity index (χ1v) is 9.91. The maximum absolute atomic E-state index is 12.4. The molecule has 0 radical (unpaired) electrons. The standard InChI is InChI=1S/C24H22N2O6/c1-16(2)23(27)25-19-5-3-4-18(14-19)24(28)31-15-17-6-10-21(11-7-17)32-22-12-8-20(9-13-22)26(29)30/h3-14,16H,15H2,1-2H3,(H,25,27). The van der Waals surface area contributed by atoms with Crippen LogP contribution in [0.25, 0.3) is 0 Å². The fraction of sp³-hybridized carbons (Fsp3) is 0.167. The van der Waals surface area contributed by atoms with E-state index in [-0.39, 0.29) is 24.1 Å². The summed E-state index contributed by atoms with van der Waals surface area (Å²) in [5.41, 5.74) is 1.62. The van der Waals surface area contributed by atoms with E-state index < -0.39 is 10.9 Å². The third kappa shape index (κ3) is 6.15. The Morgan fingerprint density at radius 2 is 1.59 bits per heavy atom. The highest BCUT2D eigenvalue weighted by Gasteiger charge is 2.11. The van der Waals surface area contributed by atoms with E-state index in [2.05, 4.69) is 5.32 Å².